The molecule has 1 saturated carbocycles. The Morgan fingerprint density at radius 3 is 1.85 bits per heavy atom. The third-order valence-corrected chi connectivity index (χ3v) is 2.80. The van der Waals surface area contributed by atoms with Crippen molar-refractivity contribution < 1.29 is 14.3 Å². The summed E-state index contributed by atoms with van der Waals surface area (Å²) in [7, 11) is 5.19. The SMILES string of the molecule is CC(C)(C)OC=O.CN.CN(C)C(=O)C1CCCCC1. The monoisotopic (exact) mass is 288 g/mol. The van der Waals surface area contributed by atoms with Crippen molar-refractivity contribution in [3.63, 3.8) is 0 Å². The standard InChI is InChI=1S/C9H17NO.C5H10O2.CH5N/c1-10(2)9(11)8-6-4-3-5-7-8;1-5(2,3)7-4-6;1-2/h8H,3-7H2,1-2H3;4H,1-3H3;2H2,1H3. The predicted molar refractivity (Wildman–Crippen MR) is 82.3 cm³/mol. The molecule has 0 unspecified atom stereocenters. The number of carbonyl (C=O) groups is 2. The average Bonchev–Trinajstić information content (AvgIpc) is 2.40. The van der Waals surface area contributed by atoms with E-state index in [1.807, 2.05) is 34.9 Å². The largest absolute Gasteiger partial charge is 0.462 e. The maximum Gasteiger partial charge on any atom is 0.293 e. The molecule has 1 rings (SSSR count). The van der Waals surface area contributed by atoms with Gasteiger partial charge in [0.1, 0.15) is 5.60 Å². The fourth-order valence-corrected chi connectivity index (χ4v) is 1.86. The molecule has 5 nitrogen and oxygen atoms in total. The number of rotatable bonds is 2. The summed E-state index contributed by atoms with van der Waals surface area (Å²) >= 11 is 0. The molecular weight excluding hydrogens is 256 g/mol. The van der Waals surface area contributed by atoms with Crippen LogP contribution in [0.25, 0.3) is 0 Å². The highest BCUT2D eigenvalue weighted by Crippen LogP contribution is 2.24. The van der Waals surface area contributed by atoms with Gasteiger partial charge in [-0.25, -0.2) is 0 Å². The van der Waals surface area contributed by atoms with Crippen molar-refractivity contribution in [1.29, 1.82) is 0 Å². The van der Waals surface area contributed by atoms with Crippen LogP contribution >= 0.6 is 0 Å². The first-order valence-electron chi connectivity index (χ1n) is 7.18. The fraction of sp³-hybridized carbons (Fsp3) is 0.867. The summed E-state index contributed by atoms with van der Waals surface area (Å²) in [5.74, 6) is 0.656. The van der Waals surface area contributed by atoms with Crippen LogP contribution in [0, 0.1) is 5.92 Å². The molecule has 0 radical (unpaired) electrons. The third-order valence-electron chi connectivity index (χ3n) is 2.80. The van der Waals surface area contributed by atoms with E-state index in [-0.39, 0.29) is 5.60 Å². The van der Waals surface area contributed by atoms with Crippen LogP contribution in [0.3, 0.4) is 0 Å². The molecular formula is C15H32N2O3. The van der Waals surface area contributed by atoms with Gasteiger partial charge in [-0.15, -0.1) is 0 Å². The van der Waals surface area contributed by atoms with Crippen LogP contribution in [0.4, 0.5) is 0 Å². The average molecular weight is 288 g/mol. The van der Waals surface area contributed by atoms with E-state index in [0.29, 0.717) is 18.3 Å². The van der Waals surface area contributed by atoms with Gasteiger partial charge in [0.2, 0.25) is 5.91 Å². The number of nitrogens with two attached hydrogens (primary N) is 1. The molecule has 1 fully saturated rings. The zero-order chi connectivity index (χ0) is 16.2. The van der Waals surface area contributed by atoms with Crippen molar-refractivity contribution in [3.05, 3.63) is 0 Å². The molecule has 120 valence electrons. The maximum atomic E-state index is 11.4. The van der Waals surface area contributed by atoms with Gasteiger partial charge in [-0.05, 0) is 40.7 Å². The van der Waals surface area contributed by atoms with E-state index in [2.05, 4.69) is 10.5 Å². The minimum Gasteiger partial charge on any atom is -0.462 e. The highest BCUT2D eigenvalue weighted by molar-refractivity contribution is 5.78. The topological polar surface area (TPSA) is 72.6 Å². The molecule has 0 atom stereocenters. The van der Waals surface area contributed by atoms with E-state index >= 15 is 0 Å². The Morgan fingerprint density at radius 2 is 1.60 bits per heavy atom. The van der Waals surface area contributed by atoms with E-state index in [1.54, 1.807) is 4.90 Å². The fourth-order valence-electron chi connectivity index (χ4n) is 1.86. The summed E-state index contributed by atoms with van der Waals surface area (Å²) in [4.78, 5) is 22.7. The lowest BCUT2D eigenvalue weighted by Crippen LogP contribution is -2.30. The van der Waals surface area contributed by atoms with E-state index in [9.17, 15) is 9.59 Å². The van der Waals surface area contributed by atoms with Crippen LogP contribution in [0.1, 0.15) is 52.9 Å². The molecule has 1 aliphatic rings. The Labute approximate surface area is 123 Å². The Bertz CT molecular complexity index is 254. The summed E-state index contributed by atoms with van der Waals surface area (Å²) in [6, 6.07) is 0. The molecule has 0 aliphatic heterocycles. The van der Waals surface area contributed by atoms with E-state index in [1.165, 1.54) is 26.3 Å². The quantitative estimate of drug-likeness (QED) is 0.791. The number of carbonyl (C=O) groups excluding carboxylic acids is 2. The molecule has 5 heteroatoms. The van der Waals surface area contributed by atoms with Crippen LogP contribution in [-0.4, -0.2) is 44.0 Å². The van der Waals surface area contributed by atoms with Gasteiger partial charge in [-0.1, -0.05) is 19.3 Å². The molecule has 1 amide bonds. The van der Waals surface area contributed by atoms with Gasteiger partial charge in [0.15, 0.2) is 0 Å². The van der Waals surface area contributed by atoms with Crippen molar-refractivity contribution in [2.75, 3.05) is 21.1 Å². The van der Waals surface area contributed by atoms with E-state index in [4.69, 9.17) is 0 Å². The molecule has 0 aromatic heterocycles. The minimum absolute atomic E-state index is 0.318. The Balaban J connectivity index is 0. The number of ether oxygens (including phenoxy) is 1. The summed E-state index contributed by atoms with van der Waals surface area (Å²) in [5, 5.41) is 0. The lowest BCUT2D eigenvalue weighted by atomic mass is 9.88. The van der Waals surface area contributed by atoms with Crippen molar-refractivity contribution in [3.8, 4) is 0 Å². The minimum atomic E-state index is -0.318. The number of hydrogen-bond donors (Lipinski definition) is 1. The molecule has 2 N–H and O–H groups in total. The lowest BCUT2D eigenvalue weighted by molar-refractivity contribution is -0.138. The van der Waals surface area contributed by atoms with Crippen molar-refractivity contribution >= 4 is 12.4 Å². The summed E-state index contributed by atoms with van der Waals surface area (Å²) < 4.78 is 4.55. The molecule has 0 bridgehead atoms. The highest BCUT2D eigenvalue weighted by Gasteiger charge is 2.21. The van der Waals surface area contributed by atoms with Gasteiger partial charge in [0.05, 0.1) is 0 Å². The Morgan fingerprint density at radius 1 is 1.15 bits per heavy atom. The molecule has 0 heterocycles. The second-order valence-corrected chi connectivity index (χ2v) is 5.89. The van der Waals surface area contributed by atoms with Crippen LogP contribution in [0.15, 0.2) is 0 Å². The van der Waals surface area contributed by atoms with Crippen LogP contribution in [0.2, 0.25) is 0 Å². The number of nitrogens with zero attached hydrogens (tertiary/aromatic N) is 1. The Kier molecular flexibility index (Phi) is 12.4. The molecule has 0 aromatic carbocycles. The molecule has 0 aromatic rings. The van der Waals surface area contributed by atoms with Crippen LogP contribution < -0.4 is 5.73 Å². The second kappa shape index (κ2) is 11.7. The zero-order valence-electron chi connectivity index (χ0n) is 13.9. The van der Waals surface area contributed by atoms with Gasteiger partial charge in [0.25, 0.3) is 6.47 Å². The number of amides is 1. The van der Waals surface area contributed by atoms with Gasteiger partial charge >= 0.3 is 0 Å². The zero-order valence-corrected chi connectivity index (χ0v) is 13.9. The second-order valence-electron chi connectivity index (χ2n) is 5.89. The molecule has 0 saturated heterocycles. The van der Waals surface area contributed by atoms with Gasteiger partial charge in [-0.3, -0.25) is 9.59 Å². The van der Waals surface area contributed by atoms with Gasteiger partial charge in [-0.2, -0.15) is 0 Å². The molecule has 20 heavy (non-hydrogen) atoms. The number of hydrogen-bond acceptors (Lipinski definition) is 4. The van der Waals surface area contributed by atoms with Gasteiger partial charge in [0, 0.05) is 20.0 Å². The highest BCUT2D eigenvalue weighted by atomic mass is 16.5. The van der Waals surface area contributed by atoms with Crippen LogP contribution in [-0.2, 0) is 14.3 Å². The van der Waals surface area contributed by atoms with Gasteiger partial charge < -0.3 is 15.4 Å². The van der Waals surface area contributed by atoms with E-state index < -0.39 is 0 Å². The molecule has 0 spiro atoms. The maximum absolute atomic E-state index is 11.4. The predicted octanol–water partition coefficient (Wildman–Crippen LogP) is 2.19. The summed E-state index contributed by atoms with van der Waals surface area (Å²) in [5.41, 5.74) is 4.18. The Hall–Kier alpha value is -1.10. The smallest absolute Gasteiger partial charge is 0.293 e. The van der Waals surface area contributed by atoms with Crippen molar-refractivity contribution in [1.82, 2.24) is 4.90 Å². The summed E-state index contributed by atoms with van der Waals surface area (Å²) in [6.07, 6.45) is 6.01. The first-order valence-corrected chi connectivity index (χ1v) is 7.18. The van der Waals surface area contributed by atoms with Crippen LogP contribution in [0.5, 0.6) is 0 Å². The first-order chi connectivity index (χ1) is 9.28. The summed E-state index contributed by atoms with van der Waals surface area (Å²) in [6.45, 7) is 5.92. The molecule has 1 aliphatic carbocycles. The normalized spacial score (nSPS) is 14.9. The first kappa shape index (κ1) is 21.2. The van der Waals surface area contributed by atoms with E-state index in [0.717, 1.165) is 12.8 Å². The lowest BCUT2D eigenvalue weighted by Gasteiger charge is -2.23. The third kappa shape index (κ3) is 12.0. The van der Waals surface area contributed by atoms with Crippen molar-refractivity contribution in [2.45, 2.75) is 58.5 Å². The van der Waals surface area contributed by atoms with Crippen molar-refractivity contribution in [2.24, 2.45) is 11.7 Å².